The number of anilines is 2. The molecule has 2 fully saturated rings. The molecule has 1 saturated carbocycles. The molecule has 5 rings (SSSR count). The summed E-state index contributed by atoms with van der Waals surface area (Å²) in [5, 5.41) is 9.37. The fourth-order valence-electron chi connectivity index (χ4n) is 4.56. The third kappa shape index (κ3) is 5.47. The highest BCUT2D eigenvalue weighted by Crippen LogP contribution is 2.40. The second-order valence-electron chi connectivity index (χ2n) is 9.58. The van der Waals surface area contributed by atoms with E-state index in [0.717, 1.165) is 48.6 Å². The van der Waals surface area contributed by atoms with Crippen molar-refractivity contribution in [3.8, 4) is 0 Å². The molecule has 7 heteroatoms. The van der Waals surface area contributed by atoms with Crippen molar-refractivity contribution in [2.24, 2.45) is 4.99 Å². The number of aliphatic imine (C=N–C) groups is 1. The number of carbonyl (C=O) groups is 1. The molecule has 7 nitrogen and oxygen atoms in total. The third-order valence-corrected chi connectivity index (χ3v) is 6.71. The lowest BCUT2D eigenvalue weighted by Gasteiger charge is -2.34. The number of hydrogen-bond donors (Lipinski definition) is 3. The Kier molecular flexibility index (Phi) is 6.22. The summed E-state index contributed by atoms with van der Waals surface area (Å²) in [6, 6.07) is 15.3. The van der Waals surface area contributed by atoms with Crippen LogP contribution in [-0.2, 0) is 11.3 Å². The molecule has 0 bridgehead atoms. The number of nitrogens with one attached hydrogen (secondary N) is 3. The predicted molar refractivity (Wildman–Crippen MR) is 132 cm³/mol. The molecule has 0 atom stereocenters. The maximum Gasteiger partial charge on any atom is 0.319 e. The molecule has 2 amide bonds. The monoisotopic (exact) mass is 447 g/mol. The number of amides is 2. The maximum absolute atomic E-state index is 12.5. The first kappa shape index (κ1) is 21.8. The summed E-state index contributed by atoms with van der Waals surface area (Å²) < 4.78 is 5.84. The van der Waals surface area contributed by atoms with E-state index in [4.69, 9.17) is 4.74 Å². The minimum atomic E-state index is -0.156. The quantitative estimate of drug-likeness (QED) is 0.590. The van der Waals surface area contributed by atoms with Gasteiger partial charge in [0.25, 0.3) is 6.02 Å². The van der Waals surface area contributed by atoms with Gasteiger partial charge in [-0.3, -0.25) is 0 Å². The van der Waals surface area contributed by atoms with E-state index in [1.165, 1.54) is 18.4 Å². The van der Waals surface area contributed by atoms with Crippen LogP contribution in [0.2, 0.25) is 0 Å². The van der Waals surface area contributed by atoms with E-state index in [-0.39, 0.29) is 12.1 Å². The maximum atomic E-state index is 12.5. The number of fused-ring (bicyclic) bond motifs is 1. The summed E-state index contributed by atoms with van der Waals surface area (Å²) in [4.78, 5) is 19.6. The number of ether oxygens (including phenoxy) is 1. The van der Waals surface area contributed by atoms with Crippen LogP contribution < -0.4 is 16.0 Å². The first-order chi connectivity index (χ1) is 16.0. The van der Waals surface area contributed by atoms with E-state index in [0.29, 0.717) is 24.6 Å². The van der Waals surface area contributed by atoms with Crippen molar-refractivity contribution in [3.63, 3.8) is 0 Å². The molecule has 0 spiro atoms. The minimum Gasteiger partial charge on any atom is -0.460 e. The fraction of sp³-hybridized carbons (Fsp3) is 0.462. The molecular formula is C26H33N5O2. The summed E-state index contributed by atoms with van der Waals surface area (Å²) in [6.07, 6.45) is 4.52. The molecule has 1 saturated heterocycles. The molecule has 174 valence electrons. The SMILES string of the molecule is CC(C)N1CCC(NC(=O)Nc2ccc3c(c2)COC(Nc2cccc(C4CC4)c2)=N3)CC1. The van der Waals surface area contributed by atoms with Crippen LogP contribution in [0, 0.1) is 0 Å². The van der Waals surface area contributed by atoms with Crippen LogP contribution in [-0.4, -0.2) is 42.1 Å². The Balaban J connectivity index is 1.16. The lowest BCUT2D eigenvalue weighted by molar-refractivity contribution is 0.163. The Hall–Kier alpha value is -3.06. The highest BCUT2D eigenvalue weighted by Gasteiger charge is 2.24. The summed E-state index contributed by atoms with van der Waals surface area (Å²) in [7, 11) is 0. The smallest absolute Gasteiger partial charge is 0.319 e. The molecule has 2 aromatic rings. The van der Waals surface area contributed by atoms with Gasteiger partial charge in [-0.15, -0.1) is 0 Å². The van der Waals surface area contributed by atoms with E-state index >= 15 is 0 Å². The van der Waals surface area contributed by atoms with Gasteiger partial charge >= 0.3 is 6.03 Å². The average molecular weight is 448 g/mol. The van der Waals surface area contributed by atoms with Crippen molar-refractivity contribution in [1.82, 2.24) is 10.2 Å². The summed E-state index contributed by atoms with van der Waals surface area (Å²) in [5.74, 6) is 0.706. The molecule has 33 heavy (non-hydrogen) atoms. The predicted octanol–water partition coefficient (Wildman–Crippen LogP) is 5.19. The van der Waals surface area contributed by atoms with E-state index in [2.05, 4.69) is 57.9 Å². The van der Waals surface area contributed by atoms with E-state index in [1.807, 2.05) is 24.3 Å². The molecule has 0 radical (unpaired) electrons. The van der Waals surface area contributed by atoms with E-state index in [9.17, 15) is 4.79 Å². The molecule has 1 aliphatic carbocycles. The van der Waals surface area contributed by atoms with Crippen LogP contribution in [0.5, 0.6) is 0 Å². The topological polar surface area (TPSA) is 78.0 Å². The Bertz CT molecular complexity index is 1040. The molecule has 2 aromatic carbocycles. The second-order valence-corrected chi connectivity index (χ2v) is 9.58. The molecule has 3 aliphatic rings. The van der Waals surface area contributed by atoms with Gasteiger partial charge in [-0.2, -0.15) is 4.99 Å². The number of carbonyl (C=O) groups excluding carboxylic acids is 1. The number of benzene rings is 2. The third-order valence-electron chi connectivity index (χ3n) is 6.71. The molecule has 0 aromatic heterocycles. The molecule has 0 unspecified atom stereocenters. The van der Waals surface area contributed by atoms with E-state index in [1.54, 1.807) is 0 Å². The molecule has 2 heterocycles. The Morgan fingerprint density at radius 3 is 2.64 bits per heavy atom. The Labute approximate surface area is 195 Å². The number of urea groups is 1. The zero-order valence-electron chi connectivity index (χ0n) is 19.4. The number of rotatable bonds is 5. The van der Waals surface area contributed by atoms with Gasteiger partial charge in [0, 0.05) is 42.1 Å². The number of hydrogen-bond acceptors (Lipinski definition) is 5. The van der Waals surface area contributed by atoms with Crippen molar-refractivity contribution in [1.29, 1.82) is 0 Å². The van der Waals surface area contributed by atoms with Gasteiger partial charge in [0.2, 0.25) is 0 Å². The normalized spacial score (nSPS) is 18.8. The second kappa shape index (κ2) is 9.43. The van der Waals surface area contributed by atoms with Crippen LogP contribution >= 0.6 is 0 Å². The van der Waals surface area contributed by atoms with Gasteiger partial charge in [0.05, 0.1) is 5.69 Å². The summed E-state index contributed by atoms with van der Waals surface area (Å²) >= 11 is 0. The number of piperidine rings is 1. The van der Waals surface area contributed by atoms with Gasteiger partial charge in [0.15, 0.2) is 0 Å². The lowest BCUT2D eigenvalue weighted by Crippen LogP contribution is -2.47. The lowest BCUT2D eigenvalue weighted by atomic mass is 10.0. The summed E-state index contributed by atoms with van der Waals surface area (Å²) in [5.41, 5.74) is 4.93. The highest BCUT2D eigenvalue weighted by molar-refractivity contribution is 5.93. The Morgan fingerprint density at radius 2 is 1.88 bits per heavy atom. The van der Waals surface area contributed by atoms with Crippen LogP contribution in [0.15, 0.2) is 47.5 Å². The minimum absolute atomic E-state index is 0.156. The number of nitrogens with zero attached hydrogens (tertiary/aromatic N) is 2. The molecule has 3 N–H and O–H groups in total. The zero-order valence-corrected chi connectivity index (χ0v) is 19.4. The van der Waals surface area contributed by atoms with Gasteiger partial charge in [-0.25, -0.2) is 4.79 Å². The highest BCUT2D eigenvalue weighted by atomic mass is 16.5. The first-order valence-corrected chi connectivity index (χ1v) is 12.1. The largest absolute Gasteiger partial charge is 0.460 e. The van der Waals surface area contributed by atoms with Crippen LogP contribution in [0.3, 0.4) is 0 Å². The van der Waals surface area contributed by atoms with Gasteiger partial charge in [-0.05, 0) is 81.3 Å². The average Bonchev–Trinajstić information content (AvgIpc) is 3.65. The Morgan fingerprint density at radius 1 is 1.06 bits per heavy atom. The molecule has 2 aliphatic heterocycles. The van der Waals surface area contributed by atoms with Crippen LogP contribution in [0.4, 0.5) is 21.9 Å². The van der Waals surface area contributed by atoms with Gasteiger partial charge in [-0.1, -0.05) is 12.1 Å². The number of likely N-dealkylation sites (tertiary alicyclic amines) is 1. The standard InChI is InChI=1S/C26H33N5O2/c1-17(2)31-12-10-21(11-13-31)27-25(32)28-23-8-9-24-20(15-23)16-33-26(30-24)29-22-5-3-4-19(14-22)18-6-7-18/h3-5,8-9,14-15,17-18,21H,6-7,10-13,16H2,1-2H3,(H,29,30)(H2,27,28,32). The van der Waals surface area contributed by atoms with E-state index < -0.39 is 0 Å². The van der Waals surface area contributed by atoms with Crippen molar-refractivity contribution in [2.75, 3.05) is 23.7 Å². The van der Waals surface area contributed by atoms with Crippen molar-refractivity contribution in [3.05, 3.63) is 53.6 Å². The molecular weight excluding hydrogens is 414 g/mol. The zero-order chi connectivity index (χ0) is 22.8. The van der Waals surface area contributed by atoms with Crippen molar-refractivity contribution in [2.45, 2.75) is 64.1 Å². The van der Waals surface area contributed by atoms with Gasteiger partial charge < -0.3 is 25.6 Å². The number of amidine groups is 1. The fourth-order valence-corrected chi connectivity index (χ4v) is 4.56. The summed E-state index contributed by atoms with van der Waals surface area (Å²) in [6.45, 7) is 6.90. The first-order valence-electron chi connectivity index (χ1n) is 12.1. The van der Waals surface area contributed by atoms with Crippen LogP contribution in [0.25, 0.3) is 0 Å². The van der Waals surface area contributed by atoms with Gasteiger partial charge in [0.1, 0.15) is 6.61 Å². The van der Waals surface area contributed by atoms with Crippen molar-refractivity contribution >= 4 is 29.1 Å². The van der Waals surface area contributed by atoms with Crippen molar-refractivity contribution < 1.29 is 9.53 Å². The van der Waals surface area contributed by atoms with Crippen LogP contribution in [0.1, 0.15) is 56.6 Å².